The van der Waals surface area contributed by atoms with Crippen LogP contribution in [0.15, 0.2) is 48.5 Å². The molecule has 1 saturated carbocycles. The molecule has 4 aromatic rings. The molecule has 1 aliphatic carbocycles. The third-order valence-corrected chi connectivity index (χ3v) is 7.24. The van der Waals surface area contributed by atoms with Gasteiger partial charge < -0.3 is 9.80 Å². The molecule has 1 atom stereocenters. The van der Waals surface area contributed by atoms with Gasteiger partial charge in [0.2, 0.25) is 11.9 Å². The van der Waals surface area contributed by atoms with Crippen LogP contribution >= 0.6 is 0 Å². The minimum absolute atomic E-state index is 0.0542. The third-order valence-electron chi connectivity index (χ3n) is 7.24. The van der Waals surface area contributed by atoms with Gasteiger partial charge in [-0.3, -0.25) is 4.79 Å². The zero-order valence-electron chi connectivity index (χ0n) is 19.2. The van der Waals surface area contributed by atoms with E-state index in [0.29, 0.717) is 42.6 Å². The van der Waals surface area contributed by atoms with Gasteiger partial charge in [-0.15, -0.1) is 10.2 Å². The van der Waals surface area contributed by atoms with Crippen molar-refractivity contribution in [2.24, 2.45) is 5.92 Å². The summed E-state index contributed by atoms with van der Waals surface area (Å²) in [6.45, 7) is 4.04. The molecule has 2 aromatic carbocycles. The lowest BCUT2D eigenvalue weighted by Gasteiger charge is -2.41. The van der Waals surface area contributed by atoms with Gasteiger partial charge in [-0.05, 0) is 44.0 Å². The van der Waals surface area contributed by atoms with Crippen LogP contribution in [0.1, 0.15) is 32.6 Å². The molecule has 1 amide bonds. The largest absolute Gasteiger partial charge is 0.338 e. The summed E-state index contributed by atoms with van der Waals surface area (Å²) in [5.74, 6) is 1.22. The molecule has 7 nitrogen and oxygen atoms in total. The van der Waals surface area contributed by atoms with Crippen molar-refractivity contribution in [2.75, 3.05) is 24.5 Å². The van der Waals surface area contributed by atoms with E-state index >= 15 is 0 Å². The van der Waals surface area contributed by atoms with E-state index in [2.05, 4.69) is 22.0 Å². The predicted molar refractivity (Wildman–Crippen MR) is 129 cm³/mol. The SMILES string of the molecule is C[C@H]1CN(c2nc3ccccc3c3nnc(-c4ccccc4F)n23)CCN1C(=O)C1CCCC1. The Hall–Kier alpha value is -3.55. The second-order valence-corrected chi connectivity index (χ2v) is 9.40. The highest BCUT2D eigenvalue weighted by Crippen LogP contribution is 2.32. The van der Waals surface area contributed by atoms with Gasteiger partial charge in [0, 0.05) is 37.0 Å². The molecule has 8 heteroatoms. The van der Waals surface area contributed by atoms with Crippen molar-refractivity contribution < 1.29 is 9.18 Å². The summed E-state index contributed by atoms with van der Waals surface area (Å²) in [6.07, 6.45) is 4.31. The highest BCUT2D eigenvalue weighted by atomic mass is 19.1. The Labute approximate surface area is 197 Å². The number of hydrogen-bond donors (Lipinski definition) is 0. The lowest BCUT2D eigenvalue weighted by molar-refractivity contribution is -0.137. The Balaban J connectivity index is 1.43. The minimum Gasteiger partial charge on any atom is -0.338 e. The number of amides is 1. The number of carbonyl (C=O) groups excluding carboxylic acids is 1. The van der Waals surface area contributed by atoms with Crippen molar-refractivity contribution >= 4 is 28.4 Å². The number of carbonyl (C=O) groups is 1. The Bertz CT molecular complexity index is 1380. The number of fused-ring (bicyclic) bond motifs is 3. The molecular weight excluding hydrogens is 431 g/mol. The normalized spacial score (nSPS) is 19.4. The Morgan fingerprint density at radius 1 is 1.00 bits per heavy atom. The summed E-state index contributed by atoms with van der Waals surface area (Å²) in [5, 5.41) is 9.70. The van der Waals surface area contributed by atoms with Crippen LogP contribution < -0.4 is 4.90 Å². The topological polar surface area (TPSA) is 66.6 Å². The maximum absolute atomic E-state index is 14.8. The second kappa shape index (κ2) is 8.34. The molecule has 0 spiro atoms. The van der Waals surface area contributed by atoms with Crippen LogP contribution in [0, 0.1) is 11.7 Å². The molecule has 174 valence electrons. The van der Waals surface area contributed by atoms with E-state index in [-0.39, 0.29) is 23.7 Å². The van der Waals surface area contributed by atoms with Gasteiger partial charge in [0.1, 0.15) is 5.82 Å². The van der Waals surface area contributed by atoms with Crippen molar-refractivity contribution in [1.82, 2.24) is 24.5 Å². The first-order valence-electron chi connectivity index (χ1n) is 12.1. The molecule has 1 aliphatic heterocycles. The average molecular weight is 459 g/mol. The van der Waals surface area contributed by atoms with Crippen molar-refractivity contribution in [3.63, 3.8) is 0 Å². The lowest BCUT2D eigenvalue weighted by atomic mass is 10.0. The summed E-state index contributed by atoms with van der Waals surface area (Å²) < 4.78 is 16.6. The van der Waals surface area contributed by atoms with Crippen LogP contribution in [0.3, 0.4) is 0 Å². The molecular formula is C26H27FN6O. The molecule has 0 unspecified atom stereocenters. The highest BCUT2D eigenvalue weighted by molar-refractivity contribution is 5.93. The first-order valence-corrected chi connectivity index (χ1v) is 12.1. The van der Waals surface area contributed by atoms with Crippen LogP contribution in [0.4, 0.5) is 10.3 Å². The summed E-state index contributed by atoms with van der Waals surface area (Å²) in [6, 6.07) is 14.5. The number of anilines is 1. The van der Waals surface area contributed by atoms with Crippen LogP contribution in [-0.2, 0) is 4.79 Å². The molecule has 3 heterocycles. The third kappa shape index (κ3) is 3.40. The van der Waals surface area contributed by atoms with Crippen molar-refractivity contribution in [1.29, 1.82) is 0 Å². The summed E-state index contributed by atoms with van der Waals surface area (Å²) in [7, 11) is 0. The van der Waals surface area contributed by atoms with Gasteiger partial charge in [0.25, 0.3) is 0 Å². The summed E-state index contributed by atoms with van der Waals surface area (Å²) >= 11 is 0. The van der Waals surface area contributed by atoms with Gasteiger partial charge >= 0.3 is 0 Å². The Kier molecular flexibility index (Phi) is 5.16. The fourth-order valence-electron chi connectivity index (χ4n) is 5.47. The summed E-state index contributed by atoms with van der Waals surface area (Å²) in [4.78, 5) is 22.3. The van der Waals surface area contributed by atoms with E-state index in [1.54, 1.807) is 18.2 Å². The van der Waals surface area contributed by atoms with E-state index in [4.69, 9.17) is 4.98 Å². The molecule has 34 heavy (non-hydrogen) atoms. The second-order valence-electron chi connectivity index (χ2n) is 9.40. The van der Waals surface area contributed by atoms with Gasteiger partial charge in [0.05, 0.1) is 11.1 Å². The first-order chi connectivity index (χ1) is 16.6. The van der Waals surface area contributed by atoms with Crippen LogP contribution in [0.25, 0.3) is 27.9 Å². The fraction of sp³-hybridized carbons (Fsp3) is 0.385. The zero-order valence-corrected chi connectivity index (χ0v) is 19.2. The van der Waals surface area contributed by atoms with E-state index in [9.17, 15) is 9.18 Å². The quantitative estimate of drug-likeness (QED) is 0.458. The molecule has 0 radical (unpaired) electrons. The maximum atomic E-state index is 14.8. The molecule has 0 N–H and O–H groups in total. The van der Waals surface area contributed by atoms with Gasteiger partial charge in [0.15, 0.2) is 11.5 Å². The predicted octanol–water partition coefficient (Wildman–Crippen LogP) is 4.31. The standard InChI is InChI=1S/C26H27FN6O/c1-17-16-31(14-15-32(17)25(34)18-8-2-3-9-18)26-28-22-13-7-5-11-20(22)24-30-29-23(33(24)26)19-10-4-6-12-21(19)27/h4-7,10-13,17-18H,2-3,8-9,14-16H2,1H3/t17-/m0/s1. The molecule has 1 saturated heterocycles. The number of hydrogen-bond acceptors (Lipinski definition) is 5. The molecule has 2 aromatic heterocycles. The van der Waals surface area contributed by atoms with Crippen LogP contribution in [-0.4, -0.2) is 56.1 Å². The van der Waals surface area contributed by atoms with Gasteiger partial charge in [-0.1, -0.05) is 37.1 Å². The number of nitrogens with zero attached hydrogens (tertiary/aromatic N) is 6. The molecule has 2 aliphatic rings. The minimum atomic E-state index is -0.351. The van der Waals surface area contributed by atoms with E-state index in [1.165, 1.54) is 6.07 Å². The smallest absolute Gasteiger partial charge is 0.226 e. The van der Waals surface area contributed by atoms with Crippen LogP contribution in [0.2, 0.25) is 0 Å². The van der Waals surface area contributed by atoms with Crippen LogP contribution in [0.5, 0.6) is 0 Å². The summed E-state index contributed by atoms with van der Waals surface area (Å²) in [5.41, 5.74) is 1.85. The number of piperazine rings is 1. The van der Waals surface area contributed by atoms with E-state index in [1.807, 2.05) is 33.6 Å². The number of rotatable bonds is 3. The number of halogens is 1. The van der Waals surface area contributed by atoms with Crippen molar-refractivity contribution in [2.45, 2.75) is 38.6 Å². The van der Waals surface area contributed by atoms with Gasteiger partial charge in [-0.2, -0.15) is 0 Å². The number of benzene rings is 2. The van der Waals surface area contributed by atoms with Gasteiger partial charge in [-0.25, -0.2) is 13.8 Å². The zero-order chi connectivity index (χ0) is 23.2. The maximum Gasteiger partial charge on any atom is 0.226 e. The highest BCUT2D eigenvalue weighted by Gasteiger charge is 2.34. The fourth-order valence-corrected chi connectivity index (χ4v) is 5.47. The van der Waals surface area contributed by atoms with Crippen molar-refractivity contribution in [3.8, 4) is 11.4 Å². The van der Waals surface area contributed by atoms with E-state index < -0.39 is 0 Å². The Morgan fingerprint density at radius 3 is 2.56 bits per heavy atom. The van der Waals surface area contributed by atoms with Crippen molar-refractivity contribution in [3.05, 3.63) is 54.3 Å². The average Bonchev–Trinajstić information content (AvgIpc) is 3.54. The lowest BCUT2D eigenvalue weighted by Crippen LogP contribution is -2.55. The number of para-hydroxylation sites is 1. The Morgan fingerprint density at radius 2 is 1.76 bits per heavy atom. The monoisotopic (exact) mass is 458 g/mol. The number of aromatic nitrogens is 4. The molecule has 0 bridgehead atoms. The van der Waals surface area contributed by atoms with E-state index in [0.717, 1.165) is 36.6 Å². The molecule has 6 rings (SSSR count). The molecule has 2 fully saturated rings. The first kappa shape index (κ1) is 21.0.